The van der Waals surface area contributed by atoms with Crippen molar-refractivity contribution in [1.82, 2.24) is 14.8 Å². The van der Waals surface area contributed by atoms with Gasteiger partial charge in [0.1, 0.15) is 11.6 Å². The van der Waals surface area contributed by atoms with Gasteiger partial charge in [0.2, 0.25) is 0 Å². The van der Waals surface area contributed by atoms with E-state index in [1.165, 1.54) is 0 Å². The zero-order valence-electron chi connectivity index (χ0n) is 11.2. The highest BCUT2D eigenvalue weighted by molar-refractivity contribution is 6.01. The molecular weight excluding hydrogens is 240 g/mol. The average molecular weight is 256 g/mol. The van der Waals surface area contributed by atoms with Gasteiger partial charge in [-0.3, -0.25) is 4.68 Å². The zero-order chi connectivity index (χ0) is 13.6. The Morgan fingerprint density at radius 2 is 2.16 bits per heavy atom. The number of aromatic nitrogens is 3. The van der Waals surface area contributed by atoms with Crippen LogP contribution in [0.15, 0.2) is 24.3 Å². The first-order valence-electron chi connectivity index (χ1n) is 6.07. The number of nitrogens with zero attached hydrogens (tertiary/aromatic N) is 2. The van der Waals surface area contributed by atoms with Crippen molar-refractivity contribution in [2.45, 2.75) is 6.92 Å². The number of nitrogens with two attached hydrogens (primary N) is 1. The molecular formula is C14H16N4O. The van der Waals surface area contributed by atoms with E-state index in [-0.39, 0.29) is 0 Å². The fourth-order valence-electron chi connectivity index (χ4n) is 2.44. The van der Waals surface area contributed by atoms with E-state index in [0.29, 0.717) is 5.82 Å². The van der Waals surface area contributed by atoms with E-state index in [0.717, 1.165) is 33.6 Å². The molecule has 3 N–H and O–H groups in total. The molecule has 1 aromatic carbocycles. The van der Waals surface area contributed by atoms with Gasteiger partial charge in [-0.05, 0) is 19.1 Å². The summed E-state index contributed by atoms with van der Waals surface area (Å²) >= 11 is 0. The third-order valence-electron chi connectivity index (χ3n) is 3.37. The monoisotopic (exact) mass is 256 g/mol. The van der Waals surface area contributed by atoms with Crippen LogP contribution in [0.5, 0.6) is 5.75 Å². The maximum Gasteiger partial charge on any atom is 0.128 e. The van der Waals surface area contributed by atoms with E-state index in [2.05, 4.69) is 10.1 Å². The molecule has 0 fully saturated rings. The van der Waals surface area contributed by atoms with Crippen LogP contribution in [0, 0.1) is 6.92 Å². The van der Waals surface area contributed by atoms with Gasteiger partial charge >= 0.3 is 0 Å². The molecule has 0 aliphatic carbocycles. The van der Waals surface area contributed by atoms with Crippen molar-refractivity contribution < 1.29 is 4.74 Å². The van der Waals surface area contributed by atoms with Gasteiger partial charge in [-0.1, -0.05) is 6.07 Å². The van der Waals surface area contributed by atoms with Crippen molar-refractivity contribution in [3.05, 3.63) is 30.0 Å². The number of aryl methyl sites for hydroxylation is 2. The van der Waals surface area contributed by atoms with Gasteiger partial charge in [-0.25, -0.2) is 0 Å². The molecule has 98 valence electrons. The standard InChI is InChI=1S/C14H16N4O/c1-8-13(10-7-12(15)18(2)17-10)14-9(16-8)5-4-6-11(14)19-3/h4-7,16H,15H2,1-3H3. The normalized spacial score (nSPS) is 11.1. The van der Waals surface area contributed by atoms with Gasteiger partial charge in [0, 0.05) is 24.4 Å². The number of hydrogen-bond acceptors (Lipinski definition) is 3. The molecule has 0 aliphatic heterocycles. The molecule has 0 amide bonds. The molecule has 0 atom stereocenters. The minimum absolute atomic E-state index is 0.638. The van der Waals surface area contributed by atoms with Gasteiger partial charge in [0.05, 0.1) is 23.7 Å². The van der Waals surface area contributed by atoms with Crippen LogP contribution < -0.4 is 10.5 Å². The maximum atomic E-state index is 5.87. The molecule has 19 heavy (non-hydrogen) atoms. The summed E-state index contributed by atoms with van der Waals surface area (Å²) in [6, 6.07) is 7.82. The summed E-state index contributed by atoms with van der Waals surface area (Å²) in [5, 5.41) is 5.50. The van der Waals surface area contributed by atoms with Crippen molar-refractivity contribution in [3.8, 4) is 17.0 Å². The number of methoxy groups -OCH3 is 1. The largest absolute Gasteiger partial charge is 0.496 e. The van der Waals surface area contributed by atoms with E-state index >= 15 is 0 Å². The topological polar surface area (TPSA) is 68.9 Å². The summed E-state index contributed by atoms with van der Waals surface area (Å²) in [4.78, 5) is 3.36. The summed E-state index contributed by atoms with van der Waals surface area (Å²) in [6.45, 7) is 2.03. The second-order valence-electron chi connectivity index (χ2n) is 4.59. The van der Waals surface area contributed by atoms with Crippen molar-refractivity contribution in [1.29, 1.82) is 0 Å². The molecule has 2 heterocycles. The maximum absolute atomic E-state index is 5.87. The van der Waals surface area contributed by atoms with Crippen molar-refractivity contribution in [2.75, 3.05) is 12.8 Å². The Labute approximate surface area is 111 Å². The van der Waals surface area contributed by atoms with Gasteiger partial charge in [0.25, 0.3) is 0 Å². The molecule has 0 saturated heterocycles. The Hall–Kier alpha value is -2.43. The first kappa shape index (κ1) is 11.6. The SMILES string of the molecule is COc1cccc2[nH]c(C)c(-c3cc(N)n(C)n3)c12. The highest BCUT2D eigenvalue weighted by Crippen LogP contribution is 2.37. The van der Waals surface area contributed by atoms with E-state index in [9.17, 15) is 0 Å². The molecule has 0 radical (unpaired) electrons. The Morgan fingerprint density at radius 3 is 2.79 bits per heavy atom. The van der Waals surface area contributed by atoms with Gasteiger partial charge in [-0.2, -0.15) is 5.10 Å². The first-order chi connectivity index (χ1) is 9.11. The Kier molecular flexibility index (Phi) is 2.48. The lowest BCUT2D eigenvalue weighted by Gasteiger charge is -2.03. The van der Waals surface area contributed by atoms with Crippen molar-refractivity contribution in [3.63, 3.8) is 0 Å². The minimum atomic E-state index is 0.638. The number of rotatable bonds is 2. The molecule has 5 nitrogen and oxygen atoms in total. The van der Waals surface area contributed by atoms with E-state index in [1.807, 2.05) is 38.2 Å². The number of fused-ring (bicyclic) bond motifs is 1. The number of H-pyrrole nitrogens is 1. The molecule has 3 aromatic rings. The van der Waals surface area contributed by atoms with Crippen LogP contribution in [-0.4, -0.2) is 21.9 Å². The summed E-state index contributed by atoms with van der Waals surface area (Å²) in [6.07, 6.45) is 0. The van der Waals surface area contributed by atoms with E-state index < -0.39 is 0 Å². The lowest BCUT2D eigenvalue weighted by molar-refractivity contribution is 0.420. The number of nitrogen functional groups attached to an aromatic ring is 1. The Bertz CT molecular complexity index is 735. The number of ether oxygens (including phenoxy) is 1. The second kappa shape index (κ2) is 4.05. The molecule has 2 aromatic heterocycles. The second-order valence-corrected chi connectivity index (χ2v) is 4.59. The van der Waals surface area contributed by atoms with Crippen molar-refractivity contribution >= 4 is 16.7 Å². The van der Waals surface area contributed by atoms with Crippen LogP contribution in [0.4, 0.5) is 5.82 Å². The van der Waals surface area contributed by atoms with Gasteiger partial charge in [-0.15, -0.1) is 0 Å². The lowest BCUT2D eigenvalue weighted by atomic mass is 10.1. The zero-order valence-corrected chi connectivity index (χ0v) is 11.2. The Morgan fingerprint density at radius 1 is 1.37 bits per heavy atom. The average Bonchev–Trinajstić information content (AvgIpc) is 2.88. The molecule has 0 spiro atoms. The lowest BCUT2D eigenvalue weighted by Crippen LogP contribution is -1.96. The smallest absolute Gasteiger partial charge is 0.128 e. The number of aromatic amines is 1. The first-order valence-corrected chi connectivity index (χ1v) is 6.07. The van der Waals surface area contributed by atoms with Crippen LogP contribution >= 0.6 is 0 Å². The minimum Gasteiger partial charge on any atom is -0.496 e. The molecule has 0 aliphatic rings. The predicted octanol–water partition coefficient (Wildman–Crippen LogP) is 2.47. The summed E-state index contributed by atoms with van der Waals surface area (Å²) < 4.78 is 7.12. The van der Waals surface area contributed by atoms with Crippen LogP contribution in [0.2, 0.25) is 0 Å². The molecule has 0 saturated carbocycles. The van der Waals surface area contributed by atoms with Crippen LogP contribution in [-0.2, 0) is 7.05 Å². The third-order valence-corrected chi connectivity index (χ3v) is 3.37. The molecule has 5 heteroatoms. The van der Waals surface area contributed by atoms with Crippen LogP contribution in [0.3, 0.4) is 0 Å². The summed E-state index contributed by atoms with van der Waals surface area (Å²) in [5.74, 6) is 1.47. The van der Waals surface area contributed by atoms with Gasteiger partial charge in [0.15, 0.2) is 0 Å². The highest BCUT2D eigenvalue weighted by Gasteiger charge is 2.17. The van der Waals surface area contributed by atoms with Crippen LogP contribution in [0.25, 0.3) is 22.2 Å². The number of hydrogen-bond donors (Lipinski definition) is 2. The number of anilines is 1. The predicted molar refractivity (Wildman–Crippen MR) is 76.2 cm³/mol. The van der Waals surface area contributed by atoms with E-state index in [4.69, 9.17) is 10.5 Å². The fraction of sp³-hybridized carbons (Fsp3) is 0.214. The summed E-state index contributed by atoms with van der Waals surface area (Å²) in [5.41, 5.74) is 9.86. The van der Waals surface area contributed by atoms with Gasteiger partial charge < -0.3 is 15.5 Å². The quantitative estimate of drug-likeness (QED) is 0.740. The third kappa shape index (κ3) is 1.66. The molecule has 0 bridgehead atoms. The number of benzene rings is 1. The van der Waals surface area contributed by atoms with Crippen molar-refractivity contribution in [2.24, 2.45) is 7.05 Å². The summed E-state index contributed by atoms with van der Waals surface area (Å²) in [7, 11) is 3.51. The number of nitrogens with one attached hydrogen (secondary N) is 1. The molecule has 0 unspecified atom stereocenters. The van der Waals surface area contributed by atoms with E-state index in [1.54, 1.807) is 11.8 Å². The van der Waals surface area contributed by atoms with Crippen LogP contribution in [0.1, 0.15) is 5.69 Å². The Balaban J connectivity index is 2.36. The molecule has 3 rings (SSSR count). The fourth-order valence-corrected chi connectivity index (χ4v) is 2.44. The highest BCUT2D eigenvalue weighted by atomic mass is 16.5.